The maximum Gasteiger partial charge on any atom is 0.443 e. The van der Waals surface area contributed by atoms with Gasteiger partial charge in [-0.15, -0.1) is 5.12 Å². The second-order valence-electron chi connectivity index (χ2n) is 5.00. The number of hydrogen-bond acceptors (Lipinski definition) is 5. The molecule has 0 saturated carbocycles. The average molecular weight is 437 g/mol. The Morgan fingerprint density at radius 3 is 2.44 bits per heavy atom. The molecule has 2 amide bonds. The largest absolute Gasteiger partial charge is 0.457 e. The zero-order valence-corrected chi connectivity index (χ0v) is 16.1. The molecule has 0 radical (unpaired) electrons. The topological polar surface area (TPSA) is 80.8 Å². The normalized spacial score (nSPS) is 10.9. The number of aromatic nitrogens is 1. The number of nitrogens with zero attached hydrogens (tertiary/aromatic N) is 2. The van der Waals surface area contributed by atoms with E-state index in [4.69, 9.17) is 39.5 Å². The minimum atomic E-state index is -1.84. The number of nitrogens with one attached hydrogen (secondary N) is 1. The lowest BCUT2D eigenvalue weighted by Gasteiger charge is -2.15. The van der Waals surface area contributed by atoms with E-state index < -0.39 is 16.5 Å². The number of amides is 2. The van der Waals surface area contributed by atoms with E-state index in [0.717, 1.165) is 0 Å². The first kappa shape index (κ1) is 21.0. The molecule has 0 atom stereocenters. The van der Waals surface area contributed by atoms with Crippen molar-refractivity contribution in [3.63, 3.8) is 0 Å². The number of carbonyl (C=O) groups excluding carboxylic acids is 2. The Morgan fingerprint density at radius 1 is 1.19 bits per heavy atom. The zero-order valence-electron chi connectivity index (χ0n) is 13.8. The zero-order chi connectivity index (χ0) is 20.0. The van der Waals surface area contributed by atoms with Gasteiger partial charge in [0.05, 0.1) is 5.69 Å². The summed E-state index contributed by atoms with van der Waals surface area (Å²) in [6.07, 6.45) is 0.0810. The molecule has 0 spiro atoms. The van der Waals surface area contributed by atoms with Gasteiger partial charge < -0.3 is 14.8 Å². The fourth-order valence-electron chi connectivity index (χ4n) is 1.81. The number of benzene rings is 1. The molecular weight excluding hydrogens is 424 g/mol. The molecule has 11 heteroatoms. The van der Waals surface area contributed by atoms with Gasteiger partial charge in [0.25, 0.3) is 5.91 Å². The van der Waals surface area contributed by atoms with Gasteiger partial charge in [-0.2, -0.15) is 0 Å². The minimum absolute atomic E-state index is 0.113. The van der Waals surface area contributed by atoms with Crippen molar-refractivity contribution in [3.05, 3.63) is 48.3 Å². The molecule has 2 rings (SSSR count). The number of rotatable bonds is 5. The van der Waals surface area contributed by atoms with E-state index >= 15 is 0 Å². The molecule has 0 aliphatic carbocycles. The van der Waals surface area contributed by atoms with Crippen LogP contribution in [0.2, 0.25) is 0 Å². The Balaban J connectivity index is 2.02. The number of anilines is 1. The van der Waals surface area contributed by atoms with Crippen molar-refractivity contribution in [2.24, 2.45) is 0 Å². The Kier molecular flexibility index (Phi) is 7.06. The molecule has 0 unspecified atom stereocenters. The maximum absolute atomic E-state index is 14.0. The third-order valence-corrected chi connectivity index (χ3v) is 3.34. The molecule has 1 aromatic heterocycles. The summed E-state index contributed by atoms with van der Waals surface area (Å²) in [5, 5.41) is 2.21. The van der Waals surface area contributed by atoms with Crippen molar-refractivity contribution in [1.82, 2.24) is 10.3 Å². The third-order valence-electron chi connectivity index (χ3n) is 3.01. The van der Waals surface area contributed by atoms with Crippen LogP contribution in [0, 0.1) is 0 Å². The molecule has 0 aliphatic heterocycles. The van der Waals surface area contributed by atoms with Crippen LogP contribution in [0.3, 0.4) is 0 Å². The summed E-state index contributed by atoms with van der Waals surface area (Å²) >= 11 is 16.3. The Morgan fingerprint density at radius 2 is 1.85 bits per heavy atom. The van der Waals surface area contributed by atoms with E-state index in [1.807, 2.05) is 0 Å². The number of hydrogen-bond donors (Lipinski definition) is 1. The molecule has 144 valence electrons. The number of pyridine rings is 1. The van der Waals surface area contributed by atoms with Crippen molar-refractivity contribution in [1.29, 1.82) is 0 Å². The molecule has 0 aliphatic rings. The molecule has 0 fully saturated rings. The van der Waals surface area contributed by atoms with Crippen LogP contribution in [0.4, 0.5) is 15.0 Å². The summed E-state index contributed by atoms with van der Waals surface area (Å²) < 4.78 is 22.2. The van der Waals surface area contributed by atoms with Gasteiger partial charge in [-0.05, 0) is 30.3 Å². The molecule has 2 aromatic rings. The molecule has 1 heterocycles. The van der Waals surface area contributed by atoms with Crippen LogP contribution in [0.1, 0.15) is 10.5 Å². The van der Waals surface area contributed by atoms with Crippen LogP contribution in [0.5, 0.6) is 11.5 Å². The van der Waals surface area contributed by atoms with E-state index in [-0.39, 0.29) is 22.4 Å². The first-order chi connectivity index (χ1) is 12.7. The molecule has 0 bridgehead atoms. The van der Waals surface area contributed by atoms with Crippen LogP contribution < -0.4 is 15.2 Å². The summed E-state index contributed by atoms with van der Waals surface area (Å²) in [5.41, 5.74) is 0.0655. The van der Waals surface area contributed by atoms with Gasteiger partial charge in [0.15, 0.2) is 0 Å². The first-order valence-electron chi connectivity index (χ1n) is 7.35. The third kappa shape index (κ3) is 6.42. The van der Waals surface area contributed by atoms with Crippen molar-refractivity contribution in [2.75, 3.05) is 18.8 Å². The summed E-state index contributed by atoms with van der Waals surface area (Å²) in [4.78, 5) is 27.1. The van der Waals surface area contributed by atoms with Crippen molar-refractivity contribution >= 4 is 52.5 Å². The maximum atomic E-state index is 14.0. The van der Waals surface area contributed by atoms with Crippen LogP contribution in [-0.4, -0.2) is 34.4 Å². The van der Waals surface area contributed by atoms with E-state index in [2.05, 4.69) is 15.0 Å². The summed E-state index contributed by atoms with van der Waals surface area (Å²) in [6, 6.07) is 8.41. The Bertz CT molecular complexity index is 815. The van der Waals surface area contributed by atoms with Gasteiger partial charge >= 0.3 is 6.09 Å². The highest BCUT2D eigenvalue weighted by atomic mass is 35.6. The lowest BCUT2D eigenvalue weighted by atomic mass is 10.3. The fraction of sp³-hybridized carbons (Fsp3) is 0.188. The van der Waals surface area contributed by atoms with Gasteiger partial charge in [0.1, 0.15) is 23.8 Å². The van der Waals surface area contributed by atoms with Crippen molar-refractivity contribution < 1.29 is 23.5 Å². The highest BCUT2D eigenvalue weighted by molar-refractivity contribution is 6.67. The van der Waals surface area contributed by atoms with Gasteiger partial charge in [-0.1, -0.05) is 39.3 Å². The second kappa shape index (κ2) is 9.07. The molecule has 0 saturated heterocycles. The van der Waals surface area contributed by atoms with Crippen molar-refractivity contribution in [2.45, 2.75) is 3.79 Å². The molecule has 7 nitrogen and oxygen atoms in total. The number of alkyl halides is 3. The second-order valence-corrected chi connectivity index (χ2v) is 7.52. The molecule has 27 heavy (non-hydrogen) atoms. The lowest BCUT2D eigenvalue weighted by molar-refractivity contribution is 0.0957. The van der Waals surface area contributed by atoms with Crippen LogP contribution in [0.25, 0.3) is 0 Å². The SMILES string of the molecule is CNC(=O)c1cc(Oc2ccc(N(F)C(=O)OCC(Cl)(Cl)Cl)cc2)ccn1. The fourth-order valence-corrected chi connectivity index (χ4v) is 1.98. The molecule has 1 aromatic carbocycles. The van der Waals surface area contributed by atoms with Gasteiger partial charge in [0, 0.05) is 19.3 Å². The first-order valence-corrected chi connectivity index (χ1v) is 8.48. The monoisotopic (exact) mass is 435 g/mol. The summed E-state index contributed by atoms with van der Waals surface area (Å²) in [7, 11) is 1.48. The number of ether oxygens (including phenoxy) is 2. The van der Waals surface area contributed by atoms with E-state index in [1.165, 1.54) is 43.6 Å². The van der Waals surface area contributed by atoms with Crippen LogP contribution in [0.15, 0.2) is 42.6 Å². The summed E-state index contributed by atoms with van der Waals surface area (Å²) in [6.45, 7) is -0.603. The van der Waals surface area contributed by atoms with E-state index in [0.29, 0.717) is 11.5 Å². The highest BCUT2D eigenvalue weighted by Gasteiger charge is 2.25. The van der Waals surface area contributed by atoms with E-state index in [9.17, 15) is 14.1 Å². The van der Waals surface area contributed by atoms with Crippen molar-refractivity contribution in [3.8, 4) is 11.5 Å². The molecular formula is C16H13Cl3FN3O4. The quantitative estimate of drug-likeness (QED) is 0.554. The number of carbonyl (C=O) groups is 2. The highest BCUT2D eigenvalue weighted by Crippen LogP contribution is 2.28. The Hall–Kier alpha value is -2.29. The van der Waals surface area contributed by atoms with E-state index in [1.54, 1.807) is 6.07 Å². The lowest BCUT2D eigenvalue weighted by Crippen LogP contribution is -2.27. The molecule has 1 N–H and O–H groups in total. The minimum Gasteiger partial charge on any atom is -0.457 e. The van der Waals surface area contributed by atoms with Gasteiger partial charge in [0.2, 0.25) is 3.79 Å². The Labute approximate surface area is 168 Å². The smallest absolute Gasteiger partial charge is 0.443 e. The number of halogens is 4. The van der Waals surface area contributed by atoms with Gasteiger partial charge in [-0.25, -0.2) is 4.79 Å². The summed E-state index contributed by atoms with van der Waals surface area (Å²) in [5.74, 6) is 0.337. The van der Waals surface area contributed by atoms with Crippen LogP contribution >= 0.6 is 34.8 Å². The predicted octanol–water partition coefficient (Wildman–Crippen LogP) is 4.43. The van der Waals surface area contributed by atoms with Crippen LogP contribution in [-0.2, 0) is 4.74 Å². The standard InChI is InChI=1S/C16H13Cl3FN3O4/c1-21-14(24)13-8-12(6-7-22-13)27-11-4-2-10(3-5-11)23(20)15(25)26-9-16(17,18)19/h2-8H,9H2,1H3,(H,21,24). The van der Waals surface area contributed by atoms with Gasteiger partial charge in [-0.3, -0.25) is 9.78 Å². The predicted molar refractivity (Wildman–Crippen MR) is 99.4 cm³/mol. The average Bonchev–Trinajstić information content (AvgIpc) is 2.65.